The lowest BCUT2D eigenvalue weighted by molar-refractivity contribution is -0.132. The van der Waals surface area contributed by atoms with Crippen molar-refractivity contribution in [3.8, 4) is 17.2 Å². The summed E-state index contributed by atoms with van der Waals surface area (Å²) in [4.78, 5) is 28.3. The van der Waals surface area contributed by atoms with Crippen LogP contribution >= 0.6 is 11.6 Å². The minimum atomic E-state index is -0.906. The number of methoxy groups -OCH3 is 1. The highest BCUT2D eigenvalue weighted by Crippen LogP contribution is 2.46. The number of aliphatic hydroxyl groups is 1. The molecule has 7 nitrogen and oxygen atoms in total. The zero-order valence-electron chi connectivity index (χ0n) is 20.9. The number of carbonyl (C=O) groups excluding carboxylic acids is 2. The quantitative estimate of drug-likeness (QED) is 0.258. The Kier molecular flexibility index (Phi) is 6.12. The van der Waals surface area contributed by atoms with Crippen molar-refractivity contribution in [3.05, 3.63) is 87.9 Å². The van der Waals surface area contributed by atoms with Crippen molar-refractivity contribution >= 4 is 34.7 Å². The van der Waals surface area contributed by atoms with Gasteiger partial charge in [-0.15, -0.1) is 0 Å². The molecular weight excluding hydrogens is 494 g/mol. The highest BCUT2D eigenvalue weighted by molar-refractivity contribution is 6.52. The molecule has 1 N–H and O–H groups in total. The number of hydrogen-bond donors (Lipinski definition) is 1. The Morgan fingerprint density at radius 1 is 1.00 bits per heavy atom. The molecule has 2 aliphatic rings. The number of rotatable bonds is 4. The van der Waals surface area contributed by atoms with Crippen LogP contribution in [0, 0.1) is 0 Å². The number of fused-ring (bicyclic) bond motifs is 1. The molecule has 0 spiro atoms. The van der Waals surface area contributed by atoms with Crippen LogP contribution in [0.15, 0.2) is 66.2 Å². The van der Waals surface area contributed by atoms with Gasteiger partial charge in [-0.3, -0.25) is 14.5 Å². The second-order valence-corrected chi connectivity index (χ2v) is 10.3. The van der Waals surface area contributed by atoms with E-state index in [-0.39, 0.29) is 34.1 Å². The largest absolute Gasteiger partial charge is 0.507 e. The summed E-state index contributed by atoms with van der Waals surface area (Å²) in [5, 5.41) is 11.7. The van der Waals surface area contributed by atoms with Gasteiger partial charge in [0.1, 0.15) is 11.5 Å². The predicted octanol–water partition coefficient (Wildman–Crippen LogP) is 6.00. The van der Waals surface area contributed by atoms with E-state index in [1.165, 1.54) is 18.1 Å². The number of anilines is 1. The van der Waals surface area contributed by atoms with Crippen LogP contribution in [0.1, 0.15) is 43.5 Å². The van der Waals surface area contributed by atoms with E-state index in [1.54, 1.807) is 30.3 Å². The molecule has 8 heteroatoms. The van der Waals surface area contributed by atoms with Crippen molar-refractivity contribution in [1.29, 1.82) is 0 Å². The monoisotopic (exact) mass is 519 g/mol. The third-order valence-electron chi connectivity index (χ3n) is 6.60. The Bertz CT molecular complexity index is 1440. The van der Waals surface area contributed by atoms with E-state index >= 15 is 0 Å². The predicted molar refractivity (Wildman–Crippen MR) is 140 cm³/mol. The molecule has 0 radical (unpaired) electrons. The van der Waals surface area contributed by atoms with Gasteiger partial charge >= 0.3 is 0 Å². The van der Waals surface area contributed by atoms with Crippen LogP contribution in [0.25, 0.3) is 5.76 Å². The van der Waals surface area contributed by atoms with Crippen molar-refractivity contribution < 1.29 is 28.9 Å². The van der Waals surface area contributed by atoms with Crippen LogP contribution in [-0.2, 0) is 15.0 Å². The highest BCUT2D eigenvalue weighted by Gasteiger charge is 2.47. The molecular formula is C29H26ClNO6. The van der Waals surface area contributed by atoms with Gasteiger partial charge in [0.15, 0.2) is 11.5 Å². The summed E-state index contributed by atoms with van der Waals surface area (Å²) in [5.41, 5.74) is 2.22. The second kappa shape index (κ2) is 9.16. The maximum atomic E-state index is 13.5. The fraction of sp³-hybridized carbons (Fsp3) is 0.241. The number of amides is 1. The summed E-state index contributed by atoms with van der Waals surface area (Å²) in [6.07, 6.45) is 0. The number of benzene rings is 3. The first kappa shape index (κ1) is 24.7. The lowest BCUT2D eigenvalue weighted by Gasteiger charge is -2.27. The first-order valence-corrected chi connectivity index (χ1v) is 12.1. The molecule has 3 aromatic carbocycles. The molecule has 1 amide bonds. The van der Waals surface area contributed by atoms with Gasteiger partial charge in [-0.05, 0) is 46.9 Å². The van der Waals surface area contributed by atoms with Gasteiger partial charge in [-0.25, -0.2) is 0 Å². The van der Waals surface area contributed by atoms with Crippen LogP contribution in [-0.4, -0.2) is 30.7 Å². The Labute approximate surface area is 219 Å². The molecule has 37 heavy (non-hydrogen) atoms. The summed E-state index contributed by atoms with van der Waals surface area (Å²) in [5.74, 6) is -0.507. The maximum Gasteiger partial charge on any atom is 0.300 e. The van der Waals surface area contributed by atoms with Gasteiger partial charge in [-0.2, -0.15) is 0 Å². The van der Waals surface area contributed by atoms with E-state index in [9.17, 15) is 14.7 Å². The third-order valence-corrected chi connectivity index (χ3v) is 6.93. The number of Topliss-reactive ketones (excluding diaryl/α,β-unsaturated/α-hetero) is 1. The first-order chi connectivity index (χ1) is 17.6. The molecule has 0 aliphatic carbocycles. The standard InChI is InChI=1S/C29H26ClNO6/c1-29(2,3)17-7-5-16(6-8-17)25-24(26(32)20-14-19(35-4)10-11-21(20)30)27(33)28(34)31(25)18-9-12-22-23(13-18)37-15-36-22/h5-14,25,32H,15H2,1-4H3/b26-24+. The molecule has 1 fully saturated rings. The third kappa shape index (κ3) is 4.29. The van der Waals surface area contributed by atoms with E-state index in [1.807, 2.05) is 24.3 Å². The van der Waals surface area contributed by atoms with Crippen LogP contribution in [0.3, 0.4) is 0 Å². The number of hydrogen-bond acceptors (Lipinski definition) is 6. The van der Waals surface area contributed by atoms with E-state index in [4.69, 9.17) is 25.8 Å². The minimum absolute atomic E-state index is 0.0682. The van der Waals surface area contributed by atoms with Crippen LogP contribution in [0.2, 0.25) is 5.02 Å². The molecule has 3 aromatic rings. The molecule has 0 saturated carbocycles. The van der Waals surface area contributed by atoms with E-state index < -0.39 is 17.7 Å². The van der Waals surface area contributed by atoms with Crippen LogP contribution in [0.4, 0.5) is 5.69 Å². The molecule has 0 bridgehead atoms. The first-order valence-electron chi connectivity index (χ1n) is 11.7. The van der Waals surface area contributed by atoms with Crippen molar-refractivity contribution in [3.63, 3.8) is 0 Å². The summed E-state index contributed by atoms with van der Waals surface area (Å²) in [6, 6.07) is 16.5. The van der Waals surface area contributed by atoms with Gasteiger partial charge in [0, 0.05) is 17.3 Å². The van der Waals surface area contributed by atoms with E-state index in [2.05, 4.69) is 20.8 Å². The average Bonchev–Trinajstić information content (AvgIpc) is 3.45. The fourth-order valence-electron chi connectivity index (χ4n) is 4.57. The van der Waals surface area contributed by atoms with Gasteiger partial charge < -0.3 is 19.3 Å². The minimum Gasteiger partial charge on any atom is -0.507 e. The number of aliphatic hydroxyl groups excluding tert-OH is 1. The Morgan fingerprint density at radius 2 is 1.70 bits per heavy atom. The van der Waals surface area contributed by atoms with Crippen molar-refractivity contribution in [2.24, 2.45) is 0 Å². The molecule has 190 valence electrons. The highest BCUT2D eigenvalue weighted by atomic mass is 35.5. The lowest BCUT2D eigenvalue weighted by Crippen LogP contribution is -2.29. The van der Waals surface area contributed by atoms with E-state index in [0.717, 1.165) is 5.56 Å². The maximum absolute atomic E-state index is 13.5. The number of nitrogens with zero attached hydrogens (tertiary/aromatic N) is 1. The normalized spacial score (nSPS) is 18.4. The number of carbonyl (C=O) groups is 2. The summed E-state index contributed by atoms with van der Waals surface area (Å²) in [6.45, 7) is 6.38. The topological polar surface area (TPSA) is 85.3 Å². The number of ketones is 1. The average molecular weight is 520 g/mol. The van der Waals surface area contributed by atoms with Gasteiger partial charge in [0.25, 0.3) is 11.7 Å². The Hall–Kier alpha value is -3.97. The van der Waals surface area contributed by atoms with Gasteiger partial charge in [0.05, 0.1) is 23.7 Å². The zero-order chi connectivity index (χ0) is 26.5. The number of ether oxygens (including phenoxy) is 3. The van der Waals surface area contributed by atoms with E-state index in [0.29, 0.717) is 28.5 Å². The summed E-state index contributed by atoms with van der Waals surface area (Å²) in [7, 11) is 1.49. The summed E-state index contributed by atoms with van der Waals surface area (Å²) < 4.78 is 16.2. The lowest BCUT2D eigenvalue weighted by atomic mass is 9.85. The Morgan fingerprint density at radius 3 is 2.38 bits per heavy atom. The molecule has 5 rings (SSSR count). The molecule has 0 aromatic heterocycles. The van der Waals surface area contributed by atoms with Gasteiger partial charge in [-0.1, -0.05) is 56.6 Å². The van der Waals surface area contributed by atoms with Gasteiger partial charge in [0.2, 0.25) is 6.79 Å². The molecule has 2 aliphatic heterocycles. The fourth-order valence-corrected chi connectivity index (χ4v) is 4.78. The zero-order valence-corrected chi connectivity index (χ0v) is 21.6. The second-order valence-electron chi connectivity index (χ2n) is 9.92. The molecule has 1 saturated heterocycles. The van der Waals surface area contributed by atoms with Crippen LogP contribution < -0.4 is 19.1 Å². The summed E-state index contributed by atoms with van der Waals surface area (Å²) >= 11 is 6.40. The van der Waals surface area contributed by atoms with Crippen molar-refractivity contribution in [2.45, 2.75) is 32.2 Å². The van der Waals surface area contributed by atoms with Crippen molar-refractivity contribution in [2.75, 3.05) is 18.8 Å². The Balaban J connectivity index is 1.72. The SMILES string of the molecule is COc1ccc(Cl)c(/C(O)=C2\C(=O)C(=O)N(c3ccc4c(c3)OCO4)C2c2ccc(C(C)(C)C)cc2)c1. The smallest absolute Gasteiger partial charge is 0.300 e. The van der Waals surface area contributed by atoms with Crippen molar-refractivity contribution in [1.82, 2.24) is 0 Å². The number of halogens is 1. The van der Waals surface area contributed by atoms with Crippen LogP contribution in [0.5, 0.6) is 17.2 Å². The molecule has 1 unspecified atom stereocenters. The molecule has 1 atom stereocenters. The molecule has 2 heterocycles.